The standard InChI is InChI=1S/C21H21Br3Cl3F4N5O4/c1-18(28)10-34(6-7-36(18)14(19(22,23)24)33-15(37)20(25,26)27)11-2-4-12(5-3-11)35-9-13(40-17(35)39)8-32-16(38)21(29,30)31/h2-5,13-14H,6-10H2,1H3,(H,32,38)(H,33,37). The molecule has 9 nitrogen and oxygen atoms in total. The number of carbonyl (C=O) groups excluding carboxylic acids is 3. The third-order valence-corrected chi connectivity index (χ3v) is 7.80. The summed E-state index contributed by atoms with van der Waals surface area (Å²) in [5, 5.41) is 4.20. The van der Waals surface area contributed by atoms with E-state index in [-0.39, 0.29) is 19.6 Å². The summed E-state index contributed by atoms with van der Waals surface area (Å²) < 4.78 is 54.8. The van der Waals surface area contributed by atoms with Crippen LogP contribution in [0, 0.1) is 0 Å². The molecule has 2 N–H and O–H groups in total. The van der Waals surface area contributed by atoms with Crippen LogP contribution in [0.15, 0.2) is 24.3 Å². The molecule has 3 rings (SSSR count). The molecule has 2 aliphatic rings. The lowest BCUT2D eigenvalue weighted by Gasteiger charge is -2.50. The highest BCUT2D eigenvalue weighted by molar-refractivity contribution is 9.39. The number of nitrogens with zero attached hydrogens (tertiary/aromatic N) is 3. The van der Waals surface area contributed by atoms with Crippen molar-refractivity contribution >= 4 is 112 Å². The molecule has 0 radical (unpaired) electrons. The predicted octanol–water partition coefficient (Wildman–Crippen LogP) is 5.15. The first-order valence-electron chi connectivity index (χ1n) is 11.3. The highest BCUT2D eigenvalue weighted by Crippen LogP contribution is 2.43. The number of rotatable bonds is 6. The van der Waals surface area contributed by atoms with Crippen molar-refractivity contribution in [2.45, 2.75) is 37.1 Å². The van der Waals surface area contributed by atoms with E-state index in [4.69, 9.17) is 39.5 Å². The number of ether oxygens (including phenoxy) is 1. The van der Waals surface area contributed by atoms with Crippen LogP contribution in [0.2, 0.25) is 0 Å². The first kappa shape index (κ1) is 33.7. The molecule has 2 aliphatic heterocycles. The fraction of sp³-hybridized carbons (Fsp3) is 0.571. The number of halogens is 10. The molecule has 1 aromatic rings. The fourth-order valence-corrected chi connectivity index (χ4v) is 5.38. The lowest BCUT2D eigenvalue weighted by molar-refractivity contribution is -0.173. The van der Waals surface area contributed by atoms with Crippen LogP contribution in [0.4, 0.5) is 33.7 Å². The number of hydrogen-bond donors (Lipinski definition) is 2. The second kappa shape index (κ2) is 12.4. The summed E-state index contributed by atoms with van der Waals surface area (Å²) >= 11 is 27.0. The Morgan fingerprint density at radius 2 is 1.68 bits per heavy atom. The maximum Gasteiger partial charge on any atom is 0.471 e. The maximum atomic E-state index is 16.0. The van der Waals surface area contributed by atoms with E-state index < -0.39 is 54.6 Å². The maximum absolute atomic E-state index is 16.0. The molecular weight excluding hydrogens is 808 g/mol. The lowest BCUT2D eigenvalue weighted by Crippen LogP contribution is -2.68. The molecule has 0 aliphatic carbocycles. The van der Waals surface area contributed by atoms with Gasteiger partial charge in [-0.05, 0) is 31.2 Å². The van der Waals surface area contributed by atoms with Gasteiger partial charge in [-0.15, -0.1) is 0 Å². The van der Waals surface area contributed by atoms with Gasteiger partial charge in [-0.2, -0.15) is 13.2 Å². The average Bonchev–Trinajstić information content (AvgIpc) is 3.19. The Morgan fingerprint density at radius 1 is 1.10 bits per heavy atom. The van der Waals surface area contributed by atoms with Gasteiger partial charge in [0.2, 0.25) is 0 Å². The summed E-state index contributed by atoms with van der Waals surface area (Å²) in [6, 6.07) is 6.47. The van der Waals surface area contributed by atoms with E-state index in [1.807, 2.05) is 0 Å². The first-order valence-corrected chi connectivity index (χ1v) is 14.8. The van der Waals surface area contributed by atoms with Crippen molar-refractivity contribution in [3.63, 3.8) is 0 Å². The summed E-state index contributed by atoms with van der Waals surface area (Å²) in [7, 11) is 0. The average molecular weight is 829 g/mol. The van der Waals surface area contributed by atoms with Crippen molar-refractivity contribution < 1.29 is 36.7 Å². The van der Waals surface area contributed by atoms with Crippen LogP contribution in [0.3, 0.4) is 0 Å². The molecule has 0 saturated carbocycles. The topological polar surface area (TPSA) is 94.2 Å². The SMILES string of the molecule is CC1(F)CN(c2ccc(N3CC(CNC(=O)C(F)(F)F)OC3=O)cc2)CCN1C(NC(=O)C(Cl)(Cl)Cl)C(Br)(Br)Br. The van der Waals surface area contributed by atoms with Gasteiger partial charge in [0.15, 0.2) is 7.94 Å². The summed E-state index contributed by atoms with van der Waals surface area (Å²) in [4.78, 5) is 39.9. The summed E-state index contributed by atoms with van der Waals surface area (Å²) in [5.74, 6) is -5.07. The zero-order chi connectivity index (χ0) is 30.3. The number of benzene rings is 1. The number of nitrogens with one attached hydrogen (secondary N) is 2. The Hall–Kier alpha value is -0.780. The van der Waals surface area contributed by atoms with Gasteiger partial charge in [0.25, 0.3) is 9.70 Å². The minimum Gasteiger partial charge on any atom is -0.442 e. The van der Waals surface area contributed by atoms with E-state index in [9.17, 15) is 27.6 Å². The third kappa shape index (κ3) is 8.40. The van der Waals surface area contributed by atoms with Crippen molar-refractivity contribution in [1.29, 1.82) is 0 Å². The summed E-state index contributed by atoms with van der Waals surface area (Å²) in [6.07, 6.45) is -7.84. The van der Waals surface area contributed by atoms with Gasteiger partial charge in [0.05, 0.1) is 19.6 Å². The van der Waals surface area contributed by atoms with Gasteiger partial charge in [0.1, 0.15) is 12.3 Å². The normalized spacial score (nSPS) is 23.6. The van der Waals surface area contributed by atoms with Crippen molar-refractivity contribution in [2.24, 2.45) is 0 Å². The number of amides is 3. The monoisotopic (exact) mass is 825 g/mol. The van der Waals surface area contributed by atoms with Crippen LogP contribution in [0.5, 0.6) is 0 Å². The Kier molecular flexibility index (Phi) is 10.5. The Labute approximate surface area is 266 Å². The van der Waals surface area contributed by atoms with Crippen molar-refractivity contribution in [3.05, 3.63) is 24.3 Å². The molecule has 3 amide bonds. The number of carbonyl (C=O) groups is 3. The molecule has 224 valence electrons. The summed E-state index contributed by atoms with van der Waals surface area (Å²) in [6.45, 7) is 1.09. The van der Waals surface area contributed by atoms with Gasteiger partial charge in [0, 0.05) is 24.5 Å². The number of cyclic esters (lactones) is 1. The Morgan fingerprint density at radius 3 is 2.17 bits per heavy atom. The van der Waals surface area contributed by atoms with E-state index in [1.54, 1.807) is 34.5 Å². The zero-order valence-electron chi connectivity index (χ0n) is 20.3. The molecular formula is C21H21Br3Cl3F4N5O4. The Bertz CT molecular complexity index is 1120. The highest BCUT2D eigenvalue weighted by atomic mass is 80.0. The second-order valence-corrected chi connectivity index (χ2v) is 18.2. The van der Waals surface area contributed by atoms with E-state index >= 15 is 4.39 Å². The zero-order valence-corrected chi connectivity index (χ0v) is 27.3. The van der Waals surface area contributed by atoms with Gasteiger partial charge < -0.3 is 20.3 Å². The van der Waals surface area contributed by atoms with Gasteiger partial charge in [-0.3, -0.25) is 14.5 Å². The molecule has 0 spiro atoms. The molecule has 3 atom stereocenters. The minimum absolute atomic E-state index is 0.0772. The molecule has 2 heterocycles. The van der Waals surface area contributed by atoms with E-state index in [0.717, 1.165) is 0 Å². The number of hydrogen-bond acceptors (Lipinski definition) is 6. The molecule has 19 heteroatoms. The number of piperazine rings is 1. The highest BCUT2D eigenvalue weighted by Gasteiger charge is 2.49. The molecule has 0 aromatic heterocycles. The second-order valence-electron chi connectivity index (χ2n) is 9.01. The number of anilines is 2. The molecule has 2 saturated heterocycles. The van der Waals surface area contributed by atoms with Crippen LogP contribution in [0.25, 0.3) is 0 Å². The molecule has 0 bridgehead atoms. The molecule has 3 unspecified atom stereocenters. The third-order valence-electron chi connectivity index (χ3n) is 5.98. The van der Waals surface area contributed by atoms with Crippen LogP contribution in [-0.4, -0.2) is 85.7 Å². The molecule has 1 aromatic carbocycles. The van der Waals surface area contributed by atoms with Gasteiger partial charge in [-0.1, -0.05) is 82.6 Å². The quantitative estimate of drug-likeness (QED) is 0.235. The predicted molar refractivity (Wildman–Crippen MR) is 153 cm³/mol. The summed E-state index contributed by atoms with van der Waals surface area (Å²) in [5.41, 5.74) is 1.02. The van der Waals surface area contributed by atoms with Gasteiger partial charge >= 0.3 is 18.2 Å². The molecule has 40 heavy (non-hydrogen) atoms. The van der Waals surface area contributed by atoms with Crippen molar-refractivity contribution in [1.82, 2.24) is 15.5 Å². The van der Waals surface area contributed by atoms with Crippen LogP contribution < -0.4 is 20.4 Å². The van der Waals surface area contributed by atoms with E-state index in [2.05, 4.69) is 53.1 Å². The fourth-order valence-electron chi connectivity index (χ4n) is 4.13. The van der Waals surface area contributed by atoms with Crippen molar-refractivity contribution in [2.75, 3.05) is 42.5 Å². The minimum atomic E-state index is -5.04. The lowest BCUT2D eigenvalue weighted by atomic mass is 10.1. The van der Waals surface area contributed by atoms with Crippen molar-refractivity contribution in [3.8, 4) is 0 Å². The molecule has 2 fully saturated rings. The van der Waals surface area contributed by atoms with Gasteiger partial charge in [-0.25, -0.2) is 14.1 Å². The van der Waals surface area contributed by atoms with Crippen LogP contribution in [-0.2, 0) is 14.3 Å². The first-order chi connectivity index (χ1) is 18.2. The number of alkyl halides is 10. The van der Waals surface area contributed by atoms with E-state index in [1.165, 1.54) is 16.7 Å². The van der Waals surface area contributed by atoms with E-state index in [0.29, 0.717) is 17.9 Å². The largest absolute Gasteiger partial charge is 0.471 e. The van der Waals surface area contributed by atoms with Crippen LogP contribution in [0.1, 0.15) is 6.92 Å². The Balaban J connectivity index is 1.66. The smallest absolute Gasteiger partial charge is 0.442 e. The van der Waals surface area contributed by atoms with Crippen LogP contribution >= 0.6 is 82.6 Å².